The number of carbonyl (C=O) groups is 2. The van der Waals surface area contributed by atoms with Crippen LogP contribution in [0, 0.1) is 24.2 Å². The molecule has 2 atom stereocenters. The Hall–Kier alpha value is -4.46. The maximum absolute atomic E-state index is 13.9. The van der Waals surface area contributed by atoms with Crippen molar-refractivity contribution in [2.24, 2.45) is 17.3 Å². The van der Waals surface area contributed by atoms with Gasteiger partial charge in [0.05, 0.1) is 18.4 Å². The van der Waals surface area contributed by atoms with Crippen LogP contribution in [-0.4, -0.2) is 26.8 Å². The molecule has 1 heterocycles. The van der Waals surface area contributed by atoms with E-state index in [1.807, 2.05) is 100 Å². The Labute approximate surface area is 258 Å². The summed E-state index contributed by atoms with van der Waals surface area (Å²) < 4.78 is 6.68. The molecule has 0 saturated heterocycles. The lowest BCUT2D eigenvalue weighted by Crippen LogP contribution is -2.30. The lowest BCUT2D eigenvalue weighted by atomic mass is 9.76. The quantitative estimate of drug-likeness (QED) is 0.203. The van der Waals surface area contributed by atoms with E-state index in [1.165, 1.54) is 4.68 Å². The summed E-state index contributed by atoms with van der Waals surface area (Å²) >= 11 is 0. The van der Waals surface area contributed by atoms with Crippen LogP contribution in [0.25, 0.3) is 11.5 Å². The number of rotatable bonds is 10. The van der Waals surface area contributed by atoms with Gasteiger partial charge in [-0.05, 0) is 78.0 Å². The number of aliphatic carboxylic acids is 1. The summed E-state index contributed by atoms with van der Waals surface area (Å²) in [6, 6.07) is 22.9. The first-order valence-electron chi connectivity index (χ1n) is 15.4. The summed E-state index contributed by atoms with van der Waals surface area (Å²) in [5.41, 5.74) is 4.68. The number of nitrogens with zero attached hydrogens (tertiary/aromatic N) is 2. The van der Waals surface area contributed by atoms with E-state index in [0.717, 1.165) is 53.5 Å². The number of aromatic nitrogens is 2. The van der Waals surface area contributed by atoms with Crippen molar-refractivity contribution in [3.8, 4) is 11.5 Å². The van der Waals surface area contributed by atoms with Gasteiger partial charge in [0.15, 0.2) is 0 Å². The van der Waals surface area contributed by atoms with E-state index < -0.39 is 23.1 Å². The number of anilines is 1. The molecule has 2 unspecified atom stereocenters. The van der Waals surface area contributed by atoms with Crippen LogP contribution in [0.4, 0.5) is 5.69 Å². The van der Waals surface area contributed by atoms with Crippen molar-refractivity contribution in [1.29, 1.82) is 0 Å². The highest BCUT2D eigenvalue weighted by Crippen LogP contribution is 2.39. The molecule has 3 aromatic carbocycles. The number of benzene rings is 3. The second-order valence-corrected chi connectivity index (χ2v) is 13.0. The molecular weight excluding hydrogens is 554 g/mol. The topological polar surface area (TPSA) is 114 Å². The van der Waals surface area contributed by atoms with Gasteiger partial charge in [-0.3, -0.25) is 9.59 Å². The number of carboxylic acids is 1. The Morgan fingerprint density at radius 1 is 1.00 bits per heavy atom. The van der Waals surface area contributed by atoms with Gasteiger partial charge in [-0.25, -0.2) is 4.79 Å². The molecular formula is C36H41N3O5. The Morgan fingerprint density at radius 3 is 2.32 bits per heavy atom. The molecule has 0 radical (unpaired) electrons. The molecule has 0 spiro atoms. The Bertz CT molecular complexity index is 1660. The summed E-state index contributed by atoms with van der Waals surface area (Å²) in [6.07, 6.45) is 4.57. The van der Waals surface area contributed by atoms with Crippen LogP contribution in [0.3, 0.4) is 0 Å². The highest BCUT2D eigenvalue weighted by molar-refractivity contribution is 5.97. The molecule has 44 heavy (non-hydrogen) atoms. The SMILES string of the molecule is Cc1c(CC(C(=O)O)C(C)(C)C)cccc1NC(=O)C(c1ccc(Cn2nc(-c3ccccc3)oc2=O)cc1)C1CCCC1. The second-order valence-electron chi connectivity index (χ2n) is 13.0. The molecule has 8 heteroatoms. The average Bonchev–Trinajstić information content (AvgIpc) is 3.64. The first kappa shape index (κ1) is 31.0. The standard InChI is InChI=1S/C36H41N3O5/c1-23-28(21-29(34(41)42)36(2,3)4)15-10-16-30(23)37-32(40)31(25-11-8-9-12-25)26-19-17-24(18-20-26)22-39-35(43)44-33(38-39)27-13-6-5-7-14-27/h5-7,10,13-20,25,29,31H,8-9,11-12,21-22H2,1-4H3,(H,37,40)(H,41,42). The first-order chi connectivity index (χ1) is 21.0. The van der Waals surface area contributed by atoms with Gasteiger partial charge >= 0.3 is 11.7 Å². The zero-order valence-corrected chi connectivity index (χ0v) is 25.9. The van der Waals surface area contributed by atoms with E-state index in [0.29, 0.717) is 12.1 Å². The lowest BCUT2D eigenvalue weighted by molar-refractivity contribution is -0.145. The molecule has 0 bridgehead atoms. The van der Waals surface area contributed by atoms with Gasteiger partial charge in [0, 0.05) is 11.3 Å². The van der Waals surface area contributed by atoms with Gasteiger partial charge in [-0.15, -0.1) is 5.10 Å². The number of carboxylic acid groups (broad SMARTS) is 1. The lowest BCUT2D eigenvalue weighted by Gasteiger charge is -2.28. The average molecular weight is 596 g/mol. The Morgan fingerprint density at radius 2 is 1.68 bits per heavy atom. The Kier molecular flexibility index (Phi) is 9.18. The summed E-state index contributed by atoms with van der Waals surface area (Å²) in [7, 11) is 0. The van der Waals surface area contributed by atoms with Crippen molar-refractivity contribution in [2.45, 2.75) is 72.3 Å². The van der Waals surface area contributed by atoms with Crippen LogP contribution in [0.15, 0.2) is 82.0 Å². The van der Waals surface area contributed by atoms with Crippen molar-refractivity contribution in [1.82, 2.24) is 9.78 Å². The fourth-order valence-electron chi connectivity index (χ4n) is 6.27. The minimum absolute atomic E-state index is 0.0595. The van der Waals surface area contributed by atoms with Crippen molar-refractivity contribution < 1.29 is 19.1 Å². The molecule has 1 fully saturated rings. The van der Waals surface area contributed by atoms with Crippen LogP contribution in [0.5, 0.6) is 0 Å². The van der Waals surface area contributed by atoms with Crippen LogP contribution >= 0.6 is 0 Å². The molecule has 8 nitrogen and oxygen atoms in total. The number of amides is 1. The molecule has 2 N–H and O–H groups in total. The Balaban J connectivity index is 1.35. The third-order valence-electron chi connectivity index (χ3n) is 8.92. The molecule has 1 aromatic heterocycles. The van der Waals surface area contributed by atoms with E-state index in [4.69, 9.17) is 4.42 Å². The molecule has 1 saturated carbocycles. The van der Waals surface area contributed by atoms with Crippen LogP contribution in [0.1, 0.15) is 74.6 Å². The minimum Gasteiger partial charge on any atom is -0.481 e. The number of carbonyl (C=O) groups excluding carboxylic acids is 1. The van der Waals surface area contributed by atoms with Crippen molar-refractivity contribution in [3.63, 3.8) is 0 Å². The fraction of sp³-hybridized carbons (Fsp3) is 0.389. The maximum atomic E-state index is 13.9. The van der Waals surface area contributed by atoms with Crippen LogP contribution in [0.2, 0.25) is 0 Å². The molecule has 1 aliphatic rings. The van der Waals surface area contributed by atoms with Gasteiger partial charge in [0.1, 0.15) is 0 Å². The molecule has 230 valence electrons. The normalized spacial score (nSPS) is 15.2. The van der Waals surface area contributed by atoms with Crippen molar-refractivity contribution in [3.05, 3.63) is 106 Å². The third kappa shape index (κ3) is 7.01. The second kappa shape index (κ2) is 13.0. The zero-order chi connectivity index (χ0) is 31.4. The van der Waals surface area contributed by atoms with Gasteiger partial charge in [-0.2, -0.15) is 4.68 Å². The fourth-order valence-corrected chi connectivity index (χ4v) is 6.27. The van der Waals surface area contributed by atoms with E-state index in [1.54, 1.807) is 0 Å². The van der Waals surface area contributed by atoms with Crippen LogP contribution in [-0.2, 0) is 22.6 Å². The predicted octanol–water partition coefficient (Wildman–Crippen LogP) is 7.06. The highest BCUT2D eigenvalue weighted by atomic mass is 16.4. The van der Waals surface area contributed by atoms with Gasteiger partial charge in [0.25, 0.3) is 0 Å². The van der Waals surface area contributed by atoms with Gasteiger partial charge in [-0.1, -0.05) is 88.2 Å². The van der Waals surface area contributed by atoms with Crippen molar-refractivity contribution >= 4 is 17.6 Å². The predicted molar refractivity (Wildman–Crippen MR) is 171 cm³/mol. The third-order valence-corrected chi connectivity index (χ3v) is 8.92. The van der Waals surface area contributed by atoms with E-state index in [9.17, 15) is 19.5 Å². The highest BCUT2D eigenvalue weighted by Gasteiger charge is 2.34. The number of hydrogen-bond donors (Lipinski definition) is 2. The monoisotopic (exact) mass is 595 g/mol. The molecule has 5 rings (SSSR count). The number of nitrogens with one attached hydrogen (secondary N) is 1. The van der Waals surface area contributed by atoms with E-state index >= 15 is 0 Å². The van der Waals surface area contributed by atoms with Gasteiger partial charge in [0.2, 0.25) is 11.8 Å². The zero-order valence-electron chi connectivity index (χ0n) is 25.9. The van der Waals surface area contributed by atoms with Gasteiger partial charge < -0.3 is 14.8 Å². The number of hydrogen-bond acceptors (Lipinski definition) is 5. The molecule has 4 aromatic rings. The summed E-state index contributed by atoms with van der Waals surface area (Å²) in [5, 5.41) is 17.4. The smallest absolute Gasteiger partial charge is 0.437 e. The summed E-state index contributed by atoms with van der Waals surface area (Å²) in [4.78, 5) is 38.4. The maximum Gasteiger partial charge on any atom is 0.437 e. The first-order valence-corrected chi connectivity index (χ1v) is 15.4. The minimum atomic E-state index is -0.818. The van der Waals surface area contributed by atoms with Crippen molar-refractivity contribution in [2.75, 3.05) is 5.32 Å². The van der Waals surface area contributed by atoms with Crippen LogP contribution < -0.4 is 11.1 Å². The summed E-state index contributed by atoms with van der Waals surface area (Å²) in [5.74, 6) is -1.76. The summed E-state index contributed by atoms with van der Waals surface area (Å²) in [6.45, 7) is 8.02. The largest absolute Gasteiger partial charge is 0.481 e. The molecule has 1 aliphatic carbocycles. The molecule has 0 aliphatic heterocycles. The molecule has 1 amide bonds. The van der Waals surface area contributed by atoms with E-state index in [2.05, 4.69) is 10.4 Å². The van der Waals surface area contributed by atoms with E-state index in [-0.39, 0.29) is 30.2 Å².